The van der Waals surface area contributed by atoms with Gasteiger partial charge in [0.25, 0.3) is 5.91 Å². The maximum Gasteiger partial charge on any atom is 0.338 e. The normalized spacial score (nSPS) is 14.2. The zero-order chi connectivity index (χ0) is 17.5. The standard InChI is InChI=1S/C19H19NO3S2/c21-17(20-12-14-4-2-1-3-5-14)13-23-18(22)15-6-8-16(9-7-15)19-24-10-11-25-19/h1-9,19H,10-13H2,(H,20,21). The van der Waals surface area contributed by atoms with Gasteiger partial charge in [0.1, 0.15) is 0 Å². The van der Waals surface area contributed by atoms with Crippen molar-refractivity contribution in [3.05, 3.63) is 71.3 Å². The molecule has 4 nitrogen and oxygen atoms in total. The molecule has 1 heterocycles. The number of thioether (sulfide) groups is 2. The molecule has 25 heavy (non-hydrogen) atoms. The molecule has 3 rings (SSSR count). The van der Waals surface area contributed by atoms with Crippen molar-refractivity contribution >= 4 is 35.4 Å². The van der Waals surface area contributed by atoms with Gasteiger partial charge in [-0.2, -0.15) is 0 Å². The predicted octanol–water partition coefficient (Wildman–Crippen LogP) is 3.64. The average Bonchev–Trinajstić information content (AvgIpc) is 3.20. The lowest BCUT2D eigenvalue weighted by Gasteiger charge is -2.09. The van der Waals surface area contributed by atoms with E-state index in [-0.39, 0.29) is 12.5 Å². The second kappa shape index (κ2) is 8.97. The number of ether oxygens (including phenoxy) is 1. The van der Waals surface area contributed by atoms with Crippen LogP contribution in [0.25, 0.3) is 0 Å². The molecule has 0 saturated carbocycles. The summed E-state index contributed by atoms with van der Waals surface area (Å²) < 4.78 is 5.53. The van der Waals surface area contributed by atoms with Gasteiger partial charge in [-0.3, -0.25) is 4.79 Å². The summed E-state index contributed by atoms with van der Waals surface area (Å²) in [4.78, 5) is 23.8. The van der Waals surface area contributed by atoms with E-state index in [2.05, 4.69) is 5.32 Å². The van der Waals surface area contributed by atoms with E-state index in [9.17, 15) is 9.59 Å². The van der Waals surface area contributed by atoms with Crippen molar-refractivity contribution < 1.29 is 14.3 Å². The zero-order valence-electron chi connectivity index (χ0n) is 13.6. The smallest absolute Gasteiger partial charge is 0.338 e. The van der Waals surface area contributed by atoms with E-state index in [4.69, 9.17) is 4.74 Å². The van der Waals surface area contributed by atoms with Crippen molar-refractivity contribution in [1.82, 2.24) is 5.32 Å². The molecule has 6 heteroatoms. The van der Waals surface area contributed by atoms with Crippen LogP contribution < -0.4 is 5.32 Å². The van der Waals surface area contributed by atoms with Gasteiger partial charge in [-0.15, -0.1) is 23.5 Å². The molecule has 0 atom stereocenters. The molecule has 1 aliphatic rings. The lowest BCUT2D eigenvalue weighted by molar-refractivity contribution is -0.124. The molecule has 1 amide bonds. The van der Waals surface area contributed by atoms with Gasteiger partial charge in [0.05, 0.1) is 10.1 Å². The largest absolute Gasteiger partial charge is 0.452 e. The molecule has 1 aliphatic heterocycles. The first kappa shape index (κ1) is 17.9. The molecule has 0 aromatic heterocycles. The van der Waals surface area contributed by atoms with Gasteiger partial charge < -0.3 is 10.1 Å². The minimum absolute atomic E-state index is 0.276. The number of nitrogens with one attached hydrogen (secondary N) is 1. The van der Waals surface area contributed by atoms with Crippen LogP contribution in [-0.2, 0) is 16.1 Å². The minimum atomic E-state index is -0.479. The van der Waals surface area contributed by atoms with E-state index in [1.807, 2.05) is 66.0 Å². The van der Waals surface area contributed by atoms with Crippen molar-refractivity contribution in [2.45, 2.75) is 11.1 Å². The summed E-state index contributed by atoms with van der Waals surface area (Å²) in [6.07, 6.45) is 0. The van der Waals surface area contributed by atoms with Crippen molar-refractivity contribution in [3.8, 4) is 0 Å². The maximum atomic E-state index is 12.0. The Morgan fingerprint density at radius 2 is 1.68 bits per heavy atom. The van der Waals surface area contributed by atoms with E-state index in [0.29, 0.717) is 16.7 Å². The molecule has 2 aromatic carbocycles. The van der Waals surface area contributed by atoms with Crippen molar-refractivity contribution in [2.75, 3.05) is 18.1 Å². The van der Waals surface area contributed by atoms with Crippen LogP contribution in [0.15, 0.2) is 54.6 Å². The maximum absolute atomic E-state index is 12.0. The molecule has 130 valence electrons. The Morgan fingerprint density at radius 3 is 2.36 bits per heavy atom. The third-order valence-corrected chi connectivity index (χ3v) is 6.81. The van der Waals surface area contributed by atoms with Gasteiger partial charge in [0, 0.05) is 18.1 Å². The Hall–Kier alpha value is -1.92. The monoisotopic (exact) mass is 373 g/mol. The van der Waals surface area contributed by atoms with Gasteiger partial charge in [0.15, 0.2) is 6.61 Å². The first-order chi connectivity index (χ1) is 12.2. The van der Waals surface area contributed by atoms with Crippen molar-refractivity contribution in [3.63, 3.8) is 0 Å². The Morgan fingerprint density at radius 1 is 1.00 bits per heavy atom. The summed E-state index contributed by atoms with van der Waals surface area (Å²) in [6.45, 7) is 0.143. The van der Waals surface area contributed by atoms with Crippen LogP contribution in [0.3, 0.4) is 0 Å². The zero-order valence-corrected chi connectivity index (χ0v) is 15.3. The Labute approximate surface area is 155 Å². The number of rotatable bonds is 6. The second-order valence-electron chi connectivity index (χ2n) is 5.53. The Balaban J connectivity index is 1.44. The number of carbonyl (C=O) groups excluding carboxylic acids is 2. The molecule has 0 unspecified atom stereocenters. The minimum Gasteiger partial charge on any atom is -0.452 e. The number of hydrogen-bond acceptors (Lipinski definition) is 5. The van der Waals surface area contributed by atoms with Crippen LogP contribution in [0.5, 0.6) is 0 Å². The highest BCUT2D eigenvalue weighted by molar-refractivity contribution is 8.19. The summed E-state index contributed by atoms with van der Waals surface area (Å²) >= 11 is 3.84. The fraction of sp³-hybridized carbons (Fsp3) is 0.263. The number of carbonyl (C=O) groups is 2. The highest BCUT2D eigenvalue weighted by Crippen LogP contribution is 2.45. The molecular weight excluding hydrogens is 354 g/mol. The summed E-state index contributed by atoms with van der Waals surface area (Å²) in [5.74, 6) is 1.54. The highest BCUT2D eigenvalue weighted by Gasteiger charge is 2.18. The average molecular weight is 373 g/mol. The first-order valence-electron chi connectivity index (χ1n) is 8.03. The summed E-state index contributed by atoms with van der Waals surface area (Å²) in [7, 11) is 0. The third-order valence-electron chi connectivity index (χ3n) is 3.71. The van der Waals surface area contributed by atoms with Gasteiger partial charge in [-0.1, -0.05) is 42.5 Å². The molecule has 0 radical (unpaired) electrons. The third kappa shape index (κ3) is 5.28. The van der Waals surface area contributed by atoms with Gasteiger partial charge in [-0.05, 0) is 23.3 Å². The van der Waals surface area contributed by atoms with Crippen LogP contribution >= 0.6 is 23.5 Å². The van der Waals surface area contributed by atoms with Gasteiger partial charge >= 0.3 is 5.97 Å². The van der Waals surface area contributed by atoms with Crippen LogP contribution in [-0.4, -0.2) is 30.0 Å². The molecule has 1 saturated heterocycles. The van der Waals surface area contributed by atoms with Crippen LogP contribution in [0, 0.1) is 0 Å². The van der Waals surface area contributed by atoms with Gasteiger partial charge in [0.2, 0.25) is 0 Å². The van der Waals surface area contributed by atoms with E-state index in [1.165, 1.54) is 5.56 Å². The van der Waals surface area contributed by atoms with E-state index >= 15 is 0 Å². The summed E-state index contributed by atoms with van der Waals surface area (Å²) in [5, 5.41) is 2.73. The number of hydrogen-bond donors (Lipinski definition) is 1. The fourth-order valence-electron chi connectivity index (χ4n) is 2.39. The first-order valence-corrected chi connectivity index (χ1v) is 10.1. The summed E-state index contributed by atoms with van der Waals surface area (Å²) in [6, 6.07) is 17.0. The molecule has 0 aliphatic carbocycles. The summed E-state index contributed by atoms with van der Waals surface area (Å²) in [5.41, 5.74) is 2.68. The van der Waals surface area contributed by atoms with Crippen LogP contribution in [0.4, 0.5) is 0 Å². The SMILES string of the molecule is O=C(COC(=O)c1ccc(C2SCCS2)cc1)NCc1ccccc1. The highest BCUT2D eigenvalue weighted by atomic mass is 32.2. The quantitative estimate of drug-likeness (QED) is 0.784. The molecule has 2 aromatic rings. The Bertz CT molecular complexity index is 713. The van der Waals surface area contributed by atoms with E-state index in [1.54, 1.807) is 12.1 Å². The van der Waals surface area contributed by atoms with E-state index < -0.39 is 5.97 Å². The predicted molar refractivity (Wildman–Crippen MR) is 103 cm³/mol. The molecule has 0 spiro atoms. The van der Waals surface area contributed by atoms with E-state index in [0.717, 1.165) is 17.1 Å². The topological polar surface area (TPSA) is 55.4 Å². The number of benzene rings is 2. The molecular formula is C19H19NO3S2. The van der Waals surface area contributed by atoms with Crippen LogP contribution in [0.2, 0.25) is 0 Å². The van der Waals surface area contributed by atoms with Crippen molar-refractivity contribution in [1.29, 1.82) is 0 Å². The van der Waals surface area contributed by atoms with Crippen molar-refractivity contribution in [2.24, 2.45) is 0 Å². The molecule has 0 bridgehead atoms. The lowest BCUT2D eigenvalue weighted by atomic mass is 10.1. The number of amides is 1. The van der Waals surface area contributed by atoms with Gasteiger partial charge in [-0.25, -0.2) is 4.79 Å². The fourth-order valence-corrected chi connectivity index (χ4v) is 5.25. The Kier molecular flexibility index (Phi) is 6.42. The molecule has 1 N–H and O–H groups in total. The second-order valence-corrected chi connectivity index (χ2v) is 8.26. The number of esters is 1. The lowest BCUT2D eigenvalue weighted by Crippen LogP contribution is -2.28. The molecule has 1 fully saturated rings. The van der Waals surface area contributed by atoms with Crippen LogP contribution in [0.1, 0.15) is 26.1 Å².